The van der Waals surface area contributed by atoms with Gasteiger partial charge in [0.25, 0.3) is 0 Å². The van der Waals surface area contributed by atoms with E-state index >= 15 is 0 Å². The Labute approximate surface area is 305 Å². The van der Waals surface area contributed by atoms with Crippen LogP contribution in [0.5, 0.6) is 5.75 Å². The summed E-state index contributed by atoms with van der Waals surface area (Å²) < 4.78 is 17.0. The van der Waals surface area contributed by atoms with Crippen LogP contribution >= 0.6 is 15.9 Å². The van der Waals surface area contributed by atoms with Gasteiger partial charge in [-0.05, 0) is 99.9 Å². The molecule has 2 aliphatic carbocycles. The quantitative estimate of drug-likeness (QED) is 0.0889. The Morgan fingerprint density at radius 3 is 2.20 bits per heavy atom. The summed E-state index contributed by atoms with van der Waals surface area (Å²) in [4.78, 5) is 51.8. The number of carbonyl (C=O) groups excluding carboxylic acids is 4. The molecule has 11 heteroatoms. The molecule has 4 N–H and O–H groups in total. The second-order valence-corrected chi connectivity index (χ2v) is 14.6. The number of unbranched alkanes of at least 4 members (excludes halogenated alkanes) is 3. The van der Waals surface area contributed by atoms with Gasteiger partial charge >= 0.3 is 12.1 Å². The van der Waals surface area contributed by atoms with Crippen LogP contribution in [0.3, 0.4) is 0 Å². The first-order chi connectivity index (χ1) is 24.2. The van der Waals surface area contributed by atoms with E-state index in [1.165, 1.54) is 0 Å². The number of nitrogens with one attached hydrogen (secondary N) is 2. The first-order valence-electron chi connectivity index (χ1n) is 18.4. The predicted molar refractivity (Wildman–Crippen MR) is 195 cm³/mol. The summed E-state index contributed by atoms with van der Waals surface area (Å²) >= 11 is 3.44. The van der Waals surface area contributed by atoms with Gasteiger partial charge in [0.05, 0.1) is 12.5 Å². The number of nitrogens with two attached hydrogens (primary N) is 1. The molecule has 2 aromatic rings. The Kier molecular flexibility index (Phi) is 16.6. The third-order valence-electron chi connectivity index (χ3n) is 10.0. The number of benzene rings is 2. The summed E-state index contributed by atoms with van der Waals surface area (Å²) in [5, 5.41) is 6.13. The molecule has 4 rings (SSSR count). The Morgan fingerprint density at radius 1 is 0.840 bits per heavy atom. The monoisotopic (exact) mass is 755 g/mol. The fraction of sp³-hybridized carbons (Fsp3) is 0.590. The zero-order valence-electron chi connectivity index (χ0n) is 29.3. The molecule has 1 atom stereocenters. The highest BCUT2D eigenvalue weighted by atomic mass is 79.9. The normalized spacial score (nSPS) is 21.0. The molecule has 0 aliphatic heterocycles. The molecule has 0 unspecified atom stereocenters. The lowest BCUT2D eigenvalue weighted by atomic mass is 9.81. The largest absolute Gasteiger partial charge is 0.514 e. The number of hydrogen-bond donors (Lipinski definition) is 3. The third-order valence-corrected chi connectivity index (χ3v) is 10.8. The highest BCUT2D eigenvalue weighted by Gasteiger charge is 2.31. The maximum atomic E-state index is 13.6. The van der Waals surface area contributed by atoms with Crippen molar-refractivity contribution in [3.8, 4) is 5.75 Å². The van der Waals surface area contributed by atoms with Crippen molar-refractivity contribution < 1.29 is 33.4 Å². The Morgan fingerprint density at radius 2 is 1.52 bits per heavy atom. The molecule has 0 heterocycles. The number of carbonyl (C=O) groups is 4. The average Bonchev–Trinajstić information content (AvgIpc) is 3.14. The fourth-order valence-corrected chi connectivity index (χ4v) is 7.16. The molecule has 2 fully saturated rings. The molecule has 2 aromatic carbocycles. The molecule has 274 valence electrons. The minimum atomic E-state index is -0.823. The van der Waals surface area contributed by atoms with Gasteiger partial charge in [0.1, 0.15) is 18.4 Å². The molecule has 0 bridgehead atoms. The number of hydrogen-bond acceptors (Lipinski definition) is 8. The molecular formula is C39H54BrN3O7. The van der Waals surface area contributed by atoms with Crippen molar-refractivity contribution in [1.29, 1.82) is 0 Å². The molecule has 0 spiro atoms. The van der Waals surface area contributed by atoms with E-state index in [1.807, 2.05) is 24.3 Å². The van der Waals surface area contributed by atoms with Crippen LogP contribution in [0.1, 0.15) is 95.1 Å². The minimum Gasteiger partial charge on any atom is -0.465 e. The van der Waals surface area contributed by atoms with Crippen LogP contribution in [-0.4, -0.2) is 49.7 Å². The SMILES string of the molecule is CCCCCCOC(=O)C1CCC(CNC(=O)[C@H](Cc2ccc(OC(=O)OCc3ccccc3Br)cc2)NC(=O)C2CCC(CN)CC2)CC1. The van der Waals surface area contributed by atoms with Crippen LogP contribution in [0.4, 0.5) is 4.79 Å². The maximum Gasteiger partial charge on any atom is 0.514 e. The zero-order chi connectivity index (χ0) is 35.7. The second-order valence-electron chi connectivity index (χ2n) is 13.8. The standard InChI is InChI=1S/C39H54BrN3O7/c1-2-3-4-7-22-48-38(46)31-18-12-29(13-19-31)25-42-37(45)35(43-36(44)30-16-10-28(24-41)11-17-30)23-27-14-20-33(21-15-27)50-39(47)49-26-32-8-5-6-9-34(32)40/h5-6,8-9,14-15,20-21,28-31,35H,2-4,7,10-13,16-19,22-26,41H2,1H3,(H,42,45)(H,43,44)/t28?,29?,30?,31?,35-/m0/s1. The van der Waals surface area contributed by atoms with Crippen LogP contribution in [0.2, 0.25) is 0 Å². The highest BCUT2D eigenvalue weighted by Crippen LogP contribution is 2.30. The summed E-state index contributed by atoms with van der Waals surface area (Å²) in [6, 6.07) is 13.5. The van der Waals surface area contributed by atoms with E-state index in [9.17, 15) is 19.2 Å². The first kappa shape index (κ1) is 39.3. The Hall–Kier alpha value is -3.44. The zero-order valence-corrected chi connectivity index (χ0v) is 30.9. The van der Waals surface area contributed by atoms with Crippen molar-refractivity contribution in [3.63, 3.8) is 0 Å². The number of halogens is 1. The number of amides is 2. The molecule has 50 heavy (non-hydrogen) atoms. The maximum absolute atomic E-state index is 13.6. The summed E-state index contributed by atoms with van der Waals surface area (Å²) in [6.45, 7) is 3.83. The molecule has 0 aromatic heterocycles. The van der Waals surface area contributed by atoms with Crippen LogP contribution in [-0.2, 0) is 36.9 Å². The van der Waals surface area contributed by atoms with Crippen molar-refractivity contribution in [1.82, 2.24) is 10.6 Å². The van der Waals surface area contributed by atoms with Crippen molar-refractivity contribution in [2.45, 2.75) is 103 Å². The molecule has 0 saturated heterocycles. The van der Waals surface area contributed by atoms with E-state index in [1.54, 1.807) is 24.3 Å². The Bertz CT molecular complexity index is 1370. The molecule has 2 saturated carbocycles. The van der Waals surface area contributed by atoms with Crippen molar-refractivity contribution in [3.05, 3.63) is 64.1 Å². The van der Waals surface area contributed by atoms with Gasteiger partial charge in [-0.15, -0.1) is 0 Å². The number of ether oxygens (including phenoxy) is 3. The number of rotatable bonds is 17. The first-order valence-corrected chi connectivity index (χ1v) is 19.2. The lowest BCUT2D eigenvalue weighted by Gasteiger charge is -2.29. The van der Waals surface area contributed by atoms with Crippen LogP contribution in [0.25, 0.3) is 0 Å². The van der Waals surface area contributed by atoms with Crippen molar-refractivity contribution in [2.75, 3.05) is 19.7 Å². The lowest BCUT2D eigenvalue weighted by molar-refractivity contribution is -0.150. The van der Waals surface area contributed by atoms with Gasteiger partial charge in [-0.2, -0.15) is 0 Å². The van der Waals surface area contributed by atoms with Gasteiger partial charge in [0.15, 0.2) is 0 Å². The highest BCUT2D eigenvalue weighted by molar-refractivity contribution is 9.10. The van der Waals surface area contributed by atoms with E-state index < -0.39 is 12.2 Å². The van der Waals surface area contributed by atoms with Crippen LogP contribution in [0.15, 0.2) is 53.0 Å². The molecule has 2 amide bonds. The van der Waals surface area contributed by atoms with Gasteiger partial charge < -0.3 is 30.6 Å². The van der Waals surface area contributed by atoms with Gasteiger partial charge in [-0.1, -0.05) is 72.4 Å². The summed E-state index contributed by atoms with van der Waals surface area (Å²) in [7, 11) is 0. The lowest BCUT2D eigenvalue weighted by Crippen LogP contribution is -2.51. The second kappa shape index (κ2) is 21.0. The predicted octanol–water partition coefficient (Wildman–Crippen LogP) is 7.00. The molecule has 10 nitrogen and oxygen atoms in total. The van der Waals surface area contributed by atoms with Crippen LogP contribution < -0.4 is 21.1 Å². The Balaban J connectivity index is 1.28. The summed E-state index contributed by atoms with van der Waals surface area (Å²) in [6.07, 6.45) is 10.3. The van der Waals surface area contributed by atoms with E-state index in [0.717, 1.165) is 92.6 Å². The fourth-order valence-electron chi connectivity index (χ4n) is 6.76. The summed E-state index contributed by atoms with van der Waals surface area (Å²) in [5.74, 6) is 0.349. The van der Waals surface area contributed by atoms with Gasteiger partial charge in [0, 0.05) is 28.9 Å². The van der Waals surface area contributed by atoms with Gasteiger partial charge in [-0.25, -0.2) is 4.79 Å². The molecular weight excluding hydrogens is 702 g/mol. The van der Waals surface area contributed by atoms with E-state index in [0.29, 0.717) is 31.4 Å². The van der Waals surface area contributed by atoms with Crippen molar-refractivity contribution >= 4 is 39.9 Å². The van der Waals surface area contributed by atoms with E-state index in [2.05, 4.69) is 33.5 Å². The van der Waals surface area contributed by atoms with Crippen LogP contribution in [0, 0.1) is 23.7 Å². The van der Waals surface area contributed by atoms with E-state index in [4.69, 9.17) is 19.9 Å². The number of esters is 1. The third kappa shape index (κ3) is 13.0. The average molecular weight is 757 g/mol. The molecule has 0 radical (unpaired) electrons. The smallest absolute Gasteiger partial charge is 0.465 e. The van der Waals surface area contributed by atoms with Gasteiger partial charge in [0.2, 0.25) is 11.8 Å². The van der Waals surface area contributed by atoms with E-state index in [-0.39, 0.29) is 48.6 Å². The molecule has 2 aliphatic rings. The van der Waals surface area contributed by atoms with Crippen molar-refractivity contribution in [2.24, 2.45) is 29.4 Å². The topological polar surface area (TPSA) is 146 Å². The summed E-state index contributed by atoms with van der Waals surface area (Å²) in [5.41, 5.74) is 7.48. The minimum absolute atomic E-state index is 0.0654. The van der Waals surface area contributed by atoms with Gasteiger partial charge in [-0.3, -0.25) is 14.4 Å².